The number of nitrogens with zero attached hydrogens (tertiary/aromatic N) is 1. The van der Waals surface area contributed by atoms with E-state index in [1.165, 1.54) is 7.11 Å². The molecule has 104 valence electrons. The summed E-state index contributed by atoms with van der Waals surface area (Å²) in [5.74, 6) is 0.336. The fraction of sp³-hybridized carbons (Fsp3) is 0.571. The summed E-state index contributed by atoms with van der Waals surface area (Å²) in [5, 5.41) is 0. The van der Waals surface area contributed by atoms with Gasteiger partial charge in [-0.1, -0.05) is 0 Å². The number of ether oxygens (including phenoxy) is 1. The second kappa shape index (κ2) is 5.91. The van der Waals surface area contributed by atoms with Crippen LogP contribution in [-0.2, 0) is 20.7 Å². The number of hydrogen-bond donors (Lipinski definition) is 0. The Morgan fingerprint density at radius 1 is 1.63 bits per heavy atom. The molecule has 19 heavy (non-hydrogen) atoms. The van der Waals surface area contributed by atoms with Crippen molar-refractivity contribution in [1.29, 1.82) is 0 Å². The number of furan rings is 1. The zero-order valence-electron chi connectivity index (χ0n) is 11.3. The Morgan fingerprint density at radius 3 is 3.05 bits per heavy atom. The fourth-order valence-electron chi connectivity index (χ4n) is 2.44. The summed E-state index contributed by atoms with van der Waals surface area (Å²) in [6, 6.07) is 3.89. The molecule has 2 atom stereocenters. The lowest BCUT2D eigenvalue weighted by molar-refractivity contribution is -0.145. The van der Waals surface area contributed by atoms with Crippen LogP contribution in [-0.4, -0.2) is 36.5 Å². The van der Waals surface area contributed by atoms with Gasteiger partial charge in [0.15, 0.2) is 0 Å². The molecule has 5 nitrogen and oxygen atoms in total. The van der Waals surface area contributed by atoms with Crippen LogP contribution in [0.15, 0.2) is 22.8 Å². The van der Waals surface area contributed by atoms with Gasteiger partial charge in [-0.3, -0.25) is 9.59 Å². The van der Waals surface area contributed by atoms with Crippen LogP contribution in [0.5, 0.6) is 0 Å². The van der Waals surface area contributed by atoms with Gasteiger partial charge in [-0.15, -0.1) is 0 Å². The van der Waals surface area contributed by atoms with Crippen molar-refractivity contribution in [2.45, 2.75) is 32.2 Å². The minimum atomic E-state index is -0.316. The monoisotopic (exact) mass is 265 g/mol. The molecule has 0 radical (unpaired) electrons. The molecule has 2 unspecified atom stereocenters. The molecule has 0 spiro atoms. The number of amides is 1. The molecule has 0 aliphatic carbocycles. The number of hydrogen-bond acceptors (Lipinski definition) is 4. The topological polar surface area (TPSA) is 59.8 Å². The maximum Gasteiger partial charge on any atom is 0.310 e. The third-order valence-corrected chi connectivity index (χ3v) is 3.61. The minimum absolute atomic E-state index is 0.0299. The highest BCUT2D eigenvalue weighted by molar-refractivity contribution is 5.86. The molecule has 0 saturated carbocycles. The summed E-state index contributed by atoms with van der Waals surface area (Å²) >= 11 is 0. The third-order valence-electron chi connectivity index (χ3n) is 3.61. The predicted molar refractivity (Wildman–Crippen MR) is 68.3 cm³/mol. The van der Waals surface area contributed by atoms with E-state index in [0.29, 0.717) is 6.54 Å². The molecule has 2 rings (SSSR count). The number of carbonyl (C=O) groups excluding carboxylic acids is 2. The number of esters is 1. The van der Waals surface area contributed by atoms with E-state index >= 15 is 0 Å². The van der Waals surface area contributed by atoms with E-state index in [-0.39, 0.29) is 30.3 Å². The Hall–Kier alpha value is -1.78. The summed E-state index contributed by atoms with van der Waals surface area (Å²) in [7, 11) is 1.36. The lowest BCUT2D eigenvalue weighted by Gasteiger charge is -2.24. The molecular formula is C14H19NO4. The largest absolute Gasteiger partial charge is 0.469 e. The lowest BCUT2D eigenvalue weighted by atomic mass is 10.1. The molecule has 1 aromatic heterocycles. The highest BCUT2D eigenvalue weighted by Crippen LogP contribution is 2.23. The van der Waals surface area contributed by atoms with Gasteiger partial charge in [-0.2, -0.15) is 0 Å². The van der Waals surface area contributed by atoms with Crippen LogP contribution in [0.2, 0.25) is 0 Å². The molecule has 5 heteroatoms. The molecule has 1 fully saturated rings. The molecule has 0 bridgehead atoms. The molecule has 1 aromatic rings. The van der Waals surface area contributed by atoms with Crippen LogP contribution in [0.4, 0.5) is 0 Å². The average Bonchev–Trinajstić information content (AvgIpc) is 3.04. The van der Waals surface area contributed by atoms with E-state index in [0.717, 1.165) is 18.6 Å². The van der Waals surface area contributed by atoms with E-state index in [2.05, 4.69) is 0 Å². The molecule has 1 aliphatic heterocycles. The Bertz CT molecular complexity index is 440. The summed E-state index contributed by atoms with van der Waals surface area (Å²) < 4.78 is 9.97. The van der Waals surface area contributed by atoms with Gasteiger partial charge in [-0.05, 0) is 25.5 Å². The van der Waals surface area contributed by atoms with Crippen LogP contribution in [0.1, 0.15) is 25.5 Å². The van der Waals surface area contributed by atoms with E-state index in [9.17, 15) is 9.59 Å². The smallest absolute Gasteiger partial charge is 0.310 e. The van der Waals surface area contributed by atoms with Crippen molar-refractivity contribution in [3.05, 3.63) is 24.2 Å². The Kier molecular flexibility index (Phi) is 4.24. The van der Waals surface area contributed by atoms with Gasteiger partial charge in [0, 0.05) is 25.4 Å². The van der Waals surface area contributed by atoms with Crippen LogP contribution in [0.3, 0.4) is 0 Å². The Labute approximate surface area is 112 Å². The van der Waals surface area contributed by atoms with Gasteiger partial charge < -0.3 is 14.1 Å². The summed E-state index contributed by atoms with van der Waals surface area (Å²) in [5.41, 5.74) is 0. The first-order valence-electron chi connectivity index (χ1n) is 6.51. The van der Waals surface area contributed by atoms with Gasteiger partial charge in [0.25, 0.3) is 0 Å². The van der Waals surface area contributed by atoms with Crippen molar-refractivity contribution in [3.8, 4) is 0 Å². The quantitative estimate of drug-likeness (QED) is 0.759. The minimum Gasteiger partial charge on any atom is -0.469 e. The van der Waals surface area contributed by atoms with E-state index < -0.39 is 0 Å². The zero-order valence-corrected chi connectivity index (χ0v) is 11.3. The SMILES string of the molecule is COC(=O)C1CC(=O)N(C(C)CCc2ccco2)C1. The van der Waals surface area contributed by atoms with Crippen molar-refractivity contribution in [2.75, 3.05) is 13.7 Å². The third kappa shape index (κ3) is 3.16. The van der Waals surface area contributed by atoms with Gasteiger partial charge in [-0.25, -0.2) is 0 Å². The Balaban J connectivity index is 1.87. The molecule has 1 amide bonds. The average molecular weight is 265 g/mol. The lowest BCUT2D eigenvalue weighted by Crippen LogP contribution is -2.35. The second-order valence-electron chi connectivity index (χ2n) is 4.94. The number of rotatable bonds is 5. The van der Waals surface area contributed by atoms with Crippen molar-refractivity contribution >= 4 is 11.9 Å². The molecule has 0 N–H and O–H groups in total. The van der Waals surface area contributed by atoms with Crippen molar-refractivity contribution in [3.63, 3.8) is 0 Å². The highest BCUT2D eigenvalue weighted by atomic mass is 16.5. The molecular weight excluding hydrogens is 246 g/mol. The maximum atomic E-state index is 11.9. The molecule has 0 aromatic carbocycles. The van der Waals surface area contributed by atoms with Crippen LogP contribution < -0.4 is 0 Å². The second-order valence-corrected chi connectivity index (χ2v) is 4.94. The number of carbonyl (C=O) groups is 2. The first-order valence-corrected chi connectivity index (χ1v) is 6.51. The van der Waals surface area contributed by atoms with E-state index in [1.807, 2.05) is 19.1 Å². The van der Waals surface area contributed by atoms with E-state index in [1.54, 1.807) is 11.2 Å². The van der Waals surface area contributed by atoms with Gasteiger partial charge in [0.2, 0.25) is 5.91 Å². The molecule has 1 saturated heterocycles. The van der Waals surface area contributed by atoms with Crippen molar-refractivity contribution < 1.29 is 18.7 Å². The summed E-state index contributed by atoms with van der Waals surface area (Å²) in [6.45, 7) is 2.46. The molecule has 2 heterocycles. The summed E-state index contributed by atoms with van der Waals surface area (Å²) in [6.07, 6.45) is 3.53. The van der Waals surface area contributed by atoms with Gasteiger partial charge in [0.05, 0.1) is 19.3 Å². The maximum absolute atomic E-state index is 11.9. The first-order chi connectivity index (χ1) is 9.11. The van der Waals surface area contributed by atoms with E-state index in [4.69, 9.17) is 9.15 Å². The Morgan fingerprint density at radius 2 is 2.42 bits per heavy atom. The summed E-state index contributed by atoms with van der Waals surface area (Å²) in [4.78, 5) is 25.1. The fourth-order valence-corrected chi connectivity index (χ4v) is 2.44. The zero-order chi connectivity index (χ0) is 13.8. The molecule has 1 aliphatic rings. The van der Waals surface area contributed by atoms with Gasteiger partial charge >= 0.3 is 5.97 Å². The van der Waals surface area contributed by atoms with Crippen LogP contribution in [0, 0.1) is 5.92 Å². The van der Waals surface area contributed by atoms with Crippen molar-refractivity contribution in [1.82, 2.24) is 4.90 Å². The number of aryl methyl sites for hydroxylation is 1. The number of methoxy groups -OCH3 is 1. The van der Waals surface area contributed by atoms with Gasteiger partial charge in [0.1, 0.15) is 5.76 Å². The standard InChI is InChI=1S/C14H19NO4/c1-10(5-6-12-4-3-7-19-12)15-9-11(8-13(15)16)14(17)18-2/h3-4,7,10-11H,5-6,8-9H2,1-2H3. The van der Waals surface area contributed by atoms with Crippen LogP contribution >= 0.6 is 0 Å². The number of likely N-dealkylation sites (tertiary alicyclic amines) is 1. The highest BCUT2D eigenvalue weighted by Gasteiger charge is 2.36. The van der Waals surface area contributed by atoms with Crippen LogP contribution in [0.25, 0.3) is 0 Å². The normalized spacial score (nSPS) is 20.6. The first kappa shape index (κ1) is 13.6. The predicted octanol–water partition coefficient (Wildman–Crippen LogP) is 1.62. The van der Waals surface area contributed by atoms with Crippen molar-refractivity contribution in [2.24, 2.45) is 5.92 Å².